The van der Waals surface area contributed by atoms with E-state index < -0.39 is 15.9 Å². The van der Waals surface area contributed by atoms with Crippen LogP contribution in [0.5, 0.6) is 0 Å². The van der Waals surface area contributed by atoms with Crippen LogP contribution in [0.3, 0.4) is 0 Å². The molecule has 154 valence electrons. The first-order chi connectivity index (χ1) is 13.2. The largest absolute Gasteiger partial charge is 0.385 e. The number of primary amides is 1. The van der Waals surface area contributed by atoms with E-state index in [1.807, 2.05) is 0 Å². The van der Waals surface area contributed by atoms with Gasteiger partial charge in [0.05, 0.1) is 10.8 Å². The lowest BCUT2D eigenvalue weighted by Gasteiger charge is -2.31. The third kappa shape index (κ3) is 4.64. The Balaban J connectivity index is 1.90. The highest BCUT2D eigenvalue weighted by molar-refractivity contribution is 7.89. The van der Waals surface area contributed by atoms with E-state index in [2.05, 4.69) is 5.32 Å². The number of nitrogens with zero attached hydrogens (tertiary/aromatic N) is 2. The predicted octanol–water partition coefficient (Wildman–Crippen LogP) is 1.10. The van der Waals surface area contributed by atoms with Crippen molar-refractivity contribution in [2.24, 2.45) is 17.6 Å². The third-order valence-corrected chi connectivity index (χ3v) is 7.13. The molecule has 1 unspecified atom stereocenters. The molecule has 3 N–H and O–H groups in total. The zero-order chi connectivity index (χ0) is 20.5. The van der Waals surface area contributed by atoms with Gasteiger partial charge in [0.15, 0.2) is 0 Å². The summed E-state index contributed by atoms with van der Waals surface area (Å²) in [5.74, 6) is -0.449. The van der Waals surface area contributed by atoms with Crippen molar-refractivity contribution in [1.29, 1.82) is 0 Å². The van der Waals surface area contributed by atoms with Gasteiger partial charge in [-0.05, 0) is 49.8 Å². The summed E-state index contributed by atoms with van der Waals surface area (Å²) in [5.41, 5.74) is 6.32. The van der Waals surface area contributed by atoms with Gasteiger partial charge in [-0.3, -0.25) is 9.59 Å². The number of rotatable bonds is 7. The van der Waals surface area contributed by atoms with Gasteiger partial charge in [-0.25, -0.2) is 12.7 Å². The van der Waals surface area contributed by atoms with Gasteiger partial charge in [0, 0.05) is 45.0 Å². The standard InChI is InChI=1S/C19H28N4O4S/c1-22(2)28(26,27)17-9-15(8-16(10-17)21-11-13-5-6-13)19(25)23-7-3-4-14(12-23)18(20)24/h8-10,13-14,21H,3-7,11-12H2,1-2H3,(H2,20,24). The number of carbonyl (C=O) groups is 2. The van der Waals surface area contributed by atoms with Gasteiger partial charge in [0.25, 0.3) is 5.91 Å². The van der Waals surface area contributed by atoms with E-state index in [-0.39, 0.29) is 23.3 Å². The van der Waals surface area contributed by atoms with Gasteiger partial charge in [0.1, 0.15) is 0 Å². The van der Waals surface area contributed by atoms with Crippen LogP contribution in [0.1, 0.15) is 36.0 Å². The Labute approximate surface area is 166 Å². The van der Waals surface area contributed by atoms with E-state index >= 15 is 0 Å². The molecule has 2 fully saturated rings. The molecule has 1 aromatic rings. The Kier molecular flexibility index (Phi) is 5.95. The normalized spacial score (nSPS) is 20.2. The van der Waals surface area contributed by atoms with E-state index in [0.29, 0.717) is 36.6 Å². The number of hydrogen-bond acceptors (Lipinski definition) is 5. The molecule has 2 aliphatic rings. The fraction of sp³-hybridized carbons (Fsp3) is 0.579. The molecule has 1 heterocycles. The summed E-state index contributed by atoms with van der Waals surface area (Å²) in [4.78, 5) is 26.2. The monoisotopic (exact) mass is 408 g/mol. The Bertz CT molecular complexity index is 865. The Morgan fingerprint density at radius 2 is 1.93 bits per heavy atom. The van der Waals surface area contributed by atoms with E-state index in [4.69, 9.17) is 5.73 Å². The van der Waals surface area contributed by atoms with Gasteiger partial charge in [-0.1, -0.05) is 0 Å². The molecule has 0 radical (unpaired) electrons. The minimum atomic E-state index is -3.68. The van der Waals surface area contributed by atoms with Gasteiger partial charge in [-0.15, -0.1) is 0 Å². The summed E-state index contributed by atoms with van der Waals surface area (Å²) < 4.78 is 26.4. The Morgan fingerprint density at radius 3 is 2.54 bits per heavy atom. The van der Waals surface area contributed by atoms with Crippen molar-refractivity contribution in [1.82, 2.24) is 9.21 Å². The topological polar surface area (TPSA) is 113 Å². The second kappa shape index (κ2) is 8.08. The Hall–Kier alpha value is -2.13. The zero-order valence-electron chi connectivity index (χ0n) is 16.3. The minimum absolute atomic E-state index is 0.0742. The third-order valence-electron chi connectivity index (χ3n) is 5.33. The molecule has 8 nitrogen and oxygen atoms in total. The van der Waals surface area contributed by atoms with E-state index in [0.717, 1.165) is 23.7 Å². The van der Waals surface area contributed by atoms with Crippen molar-refractivity contribution < 1.29 is 18.0 Å². The van der Waals surface area contributed by atoms with Crippen molar-refractivity contribution in [2.75, 3.05) is 39.0 Å². The van der Waals surface area contributed by atoms with Crippen LogP contribution in [0.25, 0.3) is 0 Å². The molecule has 1 aliphatic heterocycles. The van der Waals surface area contributed by atoms with Gasteiger partial charge < -0.3 is 16.0 Å². The quantitative estimate of drug-likeness (QED) is 0.701. The second-order valence-electron chi connectivity index (χ2n) is 7.85. The average Bonchev–Trinajstić information content (AvgIpc) is 3.50. The number of piperidine rings is 1. The maximum absolute atomic E-state index is 13.1. The summed E-state index contributed by atoms with van der Waals surface area (Å²) in [7, 11) is -0.762. The second-order valence-corrected chi connectivity index (χ2v) is 10.0. The molecule has 1 saturated carbocycles. The zero-order valence-corrected chi connectivity index (χ0v) is 17.2. The smallest absolute Gasteiger partial charge is 0.253 e. The lowest BCUT2D eigenvalue weighted by Crippen LogP contribution is -2.44. The van der Waals surface area contributed by atoms with Crippen LogP contribution in [-0.2, 0) is 14.8 Å². The molecule has 1 aromatic carbocycles. The lowest BCUT2D eigenvalue weighted by molar-refractivity contribution is -0.123. The first kappa shape index (κ1) is 20.6. The SMILES string of the molecule is CN(C)S(=O)(=O)c1cc(NCC2CC2)cc(C(=O)N2CCCC(C(N)=O)C2)c1. The van der Waals surface area contributed by atoms with Crippen molar-refractivity contribution in [3.8, 4) is 0 Å². The van der Waals surface area contributed by atoms with Crippen molar-refractivity contribution in [2.45, 2.75) is 30.6 Å². The molecule has 2 amide bonds. The van der Waals surface area contributed by atoms with E-state index in [1.54, 1.807) is 17.0 Å². The number of likely N-dealkylation sites (tertiary alicyclic amines) is 1. The van der Waals surface area contributed by atoms with Crippen LogP contribution in [0.4, 0.5) is 5.69 Å². The molecule has 9 heteroatoms. The number of anilines is 1. The van der Waals surface area contributed by atoms with Gasteiger partial charge in [-0.2, -0.15) is 0 Å². The van der Waals surface area contributed by atoms with Crippen LogP contribution in [0, 0.1) is 11.8 Å². The maximum atomic E-state index is 13.1. The first-order valence-electron chi connectivity index (χ1n) is 9.58. The highest BCUT2D eigenvalue weighted by atomic mass is 32.2. The van der Waals surface area contributed by atoms with Gasteiger partial charge >= 0.3 is 0 Å². The predicted molar refractivity (Wildman–Crippen MR) is 106 cm³/mol. The molecule has 1 atom stereocenters. The van der Waals surface area contributed by atoms with Crippen LogP contribution in [0.2, 0.25) is 0 Å². The molecule has 28 heavy (non-hydrogen) atoms. The highest BCUT2D eigenvalue weighted by Crippen LogP contribution is 2.30. The van der Waals surface area contributed by atoms with Crippen LogP contribution >= 0.6 is 0 Å². The minimum Gasteiger partial charge on any atom is -0.385 e. The fourth-order valence-electron chi connectivity index (χ4n) is 3.34. The molecule has 1 saturated heterocycles. The molecular formula is C19H28N4O4S. The number of hydrogen-bond donors (Lipinski definition) is 2. The molecule has 0 bridgehead atoms. The summed E-state index contributed by atoms with van der Waals surface area (Å²) in [5, 5.41) is 3.26. The fourth-order valence-corrected chi connectivity index (χ4v) is 4.32. The number of amides is 2. The summed E-state index contributed by atoms with van der Waals surface area (Å²) in [6, 6.07) is 4.66. The number of nitrogens with two attached hydrogens (primary N) is 1. The number of benzene rings is 1. The van der Waals surface area contributed by atoms with Crippen molar-refractivity contribution >= 4 is 27.5 Å². The molecule has 3 rings (SSSR count). The lowest BCUT2D eigenvalue weighted by atomic mass is 9.97. The summed E-state index contributed by atoms with van der Waals surface area (Å²) in [6.07, 6.45) is 3.69. The summed E-state index contributed by atoms with van der Waals surface area (Å²) in [6.45, 7) is 1.55. The molecule has 1 aliphatic carbocycles. The van der Waals surface area contributed by atoms with Gasteiger partial charge in [0.2, 0.25) is 15.9 Å². The Morgan fingerprint density at radius 1 is 1.21 bits per heavy atom. The van der Waals surface area contributed by atoms with E-state index in [1.165, 1.54) is 20.2 Å². The van der Waals surface area contributed by atoms with Crippen molar-refractivity contribution in [3.63, 3.8) is 0 Å². The van der Waals surface area contributed by atoms with Crippen LogP contribution in [-0.4, -0.2) is 63.2 Å². The molecule has 0 aromatic heterocycles. The molecular weight excluding hydrogens is 380 g/mol. The number of carbonyl (C=O) groups excluding carboxylic acids is 2. The maximum Gasteiger partial charge on any atom is 0.253 e. The highest BCUT2D eigenvalue weighted by Gasteiger charge is 2.29. The summed E-state index contributed by atoms with van der Waals surface area (Å²) >= 11 is 0. The molecule has 0 spiro atoms. The first-order valence-corrected chi connectivity index (χ1v) is 11.0. The van der Waals surface area contributed by atoms with Crippen LogP contribution in [0.15, 0.2) is 23.1 Å². The van der Waals surface area contributed by atoms with E-state index in [9.17, 15) is 18.0 Å². The van der Waals surface area contributed by atoms with Crippen LogP contribution < -0.4 is 11.1 Å². The number of sulfonamides is 1. The average molecular weight is 409 g/mol. The van der Waals surface area contributed by atoms with Crippen molar-refractivity contribution in [3.05, 3.63) is 23.8 Å². The number of nitrogens with one attached hydrogen (secondary N) is 1.